The average Bonchev–Trinajstić information content (AvgIpc) is 2.41. The molecule has 1 aromatic rings. The molecular formula is C15H21N3. The zero-order valence-electron chi connectivity index (χ0n) is 11.1. The van der Waals surface area contributed by atoms with Gasteiger partial charge in [-0.25, -0.2) is 4.98 Å². The molecule has 1 atom stereocenters. The third-order valence-corrected chi connectivity index (χ3v) is 3.70. The SMILES string of the molecule is CCCC1CCCCN1Cc1ccnc(C#N)c1. The van der Waals surface area contributed by atoms with Gasteiger partial charge in [-0.3, -0.25) is 4.90 Å². The number of pyridine rings is 1. The lowest BCUT2D eigenvalue weighted by atomic mass is 9.97. The van der Waals surface area contributed by atoms with Gasteiger partial charge in [-0.1, -0.05) is 19.8 Å². The van der Waals surface area contributed by atoms with Crippen LogP contribution in [0.5, 0.6) is 0 Å². The lowest BCUT2D eigenvalue weighted by molar-refractivity contribution is 0.131. The number of rotatable bonds is 4. The number of aromatic nitrogens is 1. The zero-order valence-corrected chi connectivity index (χ0v) is 11.1. The van der Waals surface area contributed by atoms with Crippen molar-refractivity contribution in [3.05, 3.63) is 29.6 Å². The molecule has 1 aliphatic heterocycles. The van der Waals surface area contributed by atoms with Crippen molar-refractivity contribution in [2.45, 2.75) is 51.6 Å². The summed E-state index contributed by atoms with van der Waals surface area (Å²) in [6, 6.07) is 6.78. The first kappa shape index (κ1) is 13.0. The number of hydrogen-bond acceptors (Lipinski definition) is 3. The number of hydrogen-bond donors (Lipinski definition) is 0. The fraction of sp³-hybridized carbons (Fsp3) is 0.600. The summed E-state index contributed by atoms with van der Waals surface area (Å²) in [6.45, 7) is 4.41. The van der Waals surface area contributed by atoms with E-state index in [0.717, 1.165) is 12.6 Å². The molecule has 1 aliphatic rings. The molecule has 1 saturated heterocycles. The number of nitriles is 1. The second-order valence-electron chi connectivity index (χ2n) is 5.07. The molecule has 0 radical (unpaired) electrons. The van der Waals surface area contributed by atoms with Crippen LogP contribution in [0.25, 0.3) is 0 Å². The Balaban J connectivity index is 2.03. The Morgan fingerprint density at radius 1 is 1.50 bits per heavy atom. The zero-order chi connectivity index (χ0) is 12.8. The molecule has 0 bridgehead atoms. The van der Waals surface area contributed by atoms with Crippen molar-refractivity contribution in [3.8, 4) is 6.07 Å². The highest BCUT2D eigenvalue weighted by atomic mass is 15.2. The van der Waals surface area contributed by atoms with Crippen molar-refractivity contribution in [1.82, 2.24) is 9.88 Å². The highest BCUT2D eigenvalue weighted by molar-refractivity contribution is 5.25. The molecule has 0 amide bonds. The first-order valence-electron chi connectivity index (χ1n) is 6.92. The summed E-state index contributed by atoms with van der Waals surface area (Å²) >= 11 is 0. The van der Waals surface area contributed by atoms with E-state index in [9.17, 15) is 0 Å². The molecule has 0 aromatic carbocycles. The minimum absolute atomic E-state index is 0.525. The molecule has 1 unspecified atom stereocenters. The minimum Gasteiger partial charge on any atom is -0.296 e. The maximum Gasteiger partial charge on any atom is 0.140 e. The smallest absolute Gasteiger partial charge is 0.140 e. The van der Waals surface area contributed by atoms with Crippen molar-refractivity contribution in [1.29, 1.82) is 5.26 Å². The molecule has 1 fully saturated rings. The van der Waals surface area contributed by atoms with Gasteiger partial charge in [0.1, 0.15) is 11.8 Å². The number of nitrogens with zero attached hydrogens (tertiary/aromatic N) is 3. The standard InChI is InChI=1S/C15H21N3/c1-2-5-15-6-3-4-9-18(15)12-13-7-8-17-14(10-13)11-16/h7-8,10,15H,2-6,9,12H2,1H3. The summed E-state index contributed by atoms with van der Waals surface area (Å²) in [5, 5.41) is 8.88. The molecule has 2 rings (SSSR count). The van der Waals surface area contributed by atoms with E-state index in [1.807, 2.05) is 12.1 Å². The van der Waals surface area contributed by atoms with E-state index in [-0.39, 0.29) is 0 Å². The molecule has 0 spiro atoms. The van der Waals surface area contributed by atoms with Gasteiger partial charge in [0.2, 0.25) is 0 Å². The Bertz CT molecular complexity index is 420. The van der Waals surface area contributed by atoms with Crippen molar-refractivity contribution >= 4 is 0 Å². The molecule has 0 N–H and O–H groups in total. The van der Waals surface area contributed by atoms with Crippen LogP contribution in [0.4, 0.5) is 0 Å². The number of piperidine rings is 1. The van der Waals surface area contributed by atoms with E-state index in [1.165, 1.54) is 44.2 Å². The van der Waals surface area contributed by atoms with Crippen molar-refractivity contribution in [2.24, 2.45) is 0 Å². The van der Waals surface area contributed by atoms with E-state index in [2.05, 4.69) is 22.9 Å². The summed E-state index contributed by atoms with van der Waals surface area (Å²) in [7, 11) is 0. The molecule has 96 valence electrons. The minimum atomic E-state index is 0.525. The van der Waals surface area contributed by atoms with Crippen LogP contribution in [-0.4, -0.2) is 22.5 Å². The predicted molar refractivity (Wildman–Crippen MR) is 71.9 cm³/mol. The Morgan fingerprint density at radius 3 is 3.17 bits per heavy atom. The maximum absolute atomic E-state index is 8.88. The van der Waals surface area contributed by atoms with Gasteiger partial charge in [0.15, 0.2) is 0 Å². The lowest BCUT2D eigenvalue weighted by Crippen LogP contribution is -2.38. The van der Waals surface area contributed by atoms with Gasteiger partial charge in [0.05, 0.1) is 0 Å². The van der Waals surface area contributed by atoms with Crippen LogP contribution in [0, 0.1) is 11.3 Å². The van der Waals surface area contributed by atoms with Crippen LogP contribution in [-0.2, 0) is 6.54 Å². The number of likely N-dealkylation sites (tertiary alicyclic amines) is 1. The van der Waals surface area contributed by atoms with E-state index in [0.29, 0.717) is 5.69 Å². The van der Waals surface area contributed by atoms with Gasteiger partial charge in [0, 0.05) is 18.8 Å². The van der Waals surface area contributed by atoms with Crippen molar-refractivity contribution < 1.29 is 0 Å². The molecule has 18 heavy (non-hydrogen) atoms. The summed E-state index contributed by atoms with van der Waals surface area (Å²) < 4.78 is 0. The third kappa shape index (κ3) is 3.30. The van der Waals surface area contributed by atoms with Crippen LogP contribution in [0.2, 0.25) is 0 Å². The van der Waals surface area contributed by atoms with E-state index < -0.39 is 0 Å². The topological polar surface area (TPSA) is 39.9 Å². The molecule has 3 nitrogen and oxygen atoms in total. The first-order chi connectivity index (χ1) is 8.83. The van der Waals surface area contributed by atoms with Crippen LogP contribution < -0.4 is 0 Å². The van der Waals surface area contributed by atoms with E-state index in [1.54, 1.807) is 6.20 Å². The molecule has 3 heteroatoms. The highest BCUT2D eigenvalue weighted by Crippen LogP contribution is 2.22. The Labute approximate surface area is 109 Å². The fourth-order valence-corrected chi connectivity index (χ4v) is 2.80. The summed E-state index contributed by atoms with van der Waals surface area (Å²) in [5.74, 6) is 0. The summed E-state index contributed by atoms with van der Waals surface area (Å²) in [6.07, 6.45) is 8.27. The lowest BCUT2D eigenvalue weighted by Gasteiger charge is -2.35. The van der Waals surface area contributed by atoms with Gasteiger partial charge in [0.25, 0.3) is 0 Å². The molecule has 0 aliphatic carbocycles. The molecule has 2 heterocycles. The van der Waals surface area contributed by atoms with E-state index >= 15 is 0 Å². The quantitative estimate of drug-likeness (QED) is 0.815. The van der Waals surface area contributed by atoms with Gasteiger partial charge in [-0.2, -0.15) is 5.26 Å². The Kier molecular flexibility index (Phi) is 4.72. The highest BCUT2D eigenvalue weighted by Gasteiger charge is 2.21. The van der Waals surface area contributed by atoms with Gasteiger partial charge in [-0.05, 0) is 43.5 Å². The Hall–Kier alpha value is -1.40. The van der Waals surface area contributed by atoms with Crippen LogP contribution in [0.1, 0.15) is 50.3 Å². The maximum atomic E-state index is 8.88. The first-order valence-corrected chi connectivity index (χ1v) is 6.92. The van der Waals surface area contributed by atoms with Gasteiger partial charge >= 0.3 is 0 Å². The fourth-order valence-electron chi connectivity index (χ4n) is 2.80. The monoisotopic (exact) mass is 243 g/mol. The van der Waals surface area contributed by atoms with Crippen LogP contribution in [0.15, 0.2) is 18.3 Å². The predicted octanol–water partition coefficient (Wildman–Crippen LogP) is 3.11. The Morgan fingerprint density at radius 2 is 2.39 bits per heavy atom. The molecule has 0 saturated carbocycles. The second-order valence-corrected chi connectivity index (χ2v) is 5.07. The largest absolute Gasteiger partial charge is 0.296 e. The summed E-state index contributed by atoms with van der Waals surface area (Å²) in [4.78, 5) is 6.60. The van der Waals surface area contributed by atoms with Crippen LogP contribution in [0.3, 0.4) is 0 Å². The third-order valence-electron chi connectivity index (χ3n) is 3.70. The van der Waals surface area contributed by atoms with Crippen molar-refractivity contribution in [2.75, 3.05) is 6.54 Å². The van der Waals surface area contributed by atoms with Gasteiger partial charge in [-0.15, -0.1) is 0 Å². The normalized spacial score (nSPS) is 20.6. The van der Waals surface area contributed by atoms with Gasteiger partial charge < -0.3 is 0 Å². The molecule has 1 aromatic heterocycles. The molecular weight excluding hydrogens is 222 g/mol. The van der Waals surface area contributed by atoms with E-state index in [4.69, 9.17) is 5.26 Å². The average molecular weight is 243 g/mol. The van der Waals surface area contributed by atoms with Crippen LogP contribution >= 0.6 is 0 Å². The summed E-state index contributed by atoms with van der Waals surface area (Å²) in [5.41, 5.74) is 1.74. The van der Waals surface area contributed by atoms with Crippen molar-refractivity contribution in [3.63, 3.8) is 0 Å². The second kappa shape index (κ2) is 6.51.